The minimum atomic E-state index is -0.199. The number of H-pyrrole nitrogens is 1. The molecular formula is C18H17ClN4O. The fourth-order valence-corrected chi connectivity index (χ4v) is 2.54. The molecule has 0 aliphatic heterocycles. The van der Waals surface area contributed by atoms with Crippen molar-refractivity contribution < 1.29 is 4.79 Å². The lowest BCUT2D eigenvalue weighted by atomic mass is 10.1. The second kappa shape index (κ2) is 6.84. The lowest BCUT2D eigenvalue weighted by Crippen LogP contribution is -2.08. The van der Waals surface area contributed by atoms with Gasteiger partial charge >= 0.3 is 0 Å². The van der Waals surface area contributed by atoms with Crippen molar-refractivity contribution in [2.24, 2.45) is 0 Å². The molecule has 0 aliphatic rings. The van der Waals surface area contributed by atoms with Gasteiger partial charge in [0.1, 0.15) is 0 Å². The van der Waals surface area contributed by atoms with E-state index >= 15 is 0 Å². The Balaban J connectivity index is 1.95. The lowest BCUT2D eigenvalue weighted by molar-refractivity contribution is -0.111. The van der Waals surface area contributed by atoms with E-state index in [1.807, 2.05) is 32.0 Å². The van der Waals surface area contributed by atoms with E-state index in [2.05, 4.69) is 20.5 Å². The summed E-state index contributed by atoms with van der Waals surface area (Å²) in [5, 5.41) is 11.3. The summed E-state index contributed by atoms with van der Waals surface area (Å²) in [7, 11) is 0. The predicted molar refractivity (Wildman–Crippen MR) is 97.1 cm³/mol. The van der Waals surface area contributed by atoms with E-state index < -0.39 is 0 Å². The number of rotatable bonds is 4. The van der Waals surface area contributed by atoms with Crippen molar-refractivity contribution in [2.45, 2.75) is 20.3 Å². The number of nitrogens with zero attached hydrogens (tertiary/aromatic N) is 2. The number of carbonyl (C=O) groups is 1. The minimum absolute atomic E-state index is 0.199. The molecule has 5 nitrogen and oxygen atoms in total. The molecule has 2 heterocycles. The molecule has 0 saturated carbocycles. The number of hydrogen-bond acceptors (Lipinski definition) is 3. The van der Waals surface area contributed by atoms with Crippen LogP contribution in [0.25, 0.3) is 22.2 Å². The first kappa shape index (κ1) is 16.2. The highest BCUT2D eigenvalue weighted by Gasteiger charge is 2.09. The van der Waals surface area contributed by atoms with Crippen LogP contribution in [0.4, 0.5) is 5.69 Å². The van der Waals surface area contributed by atoms with Crippen molar-refractivity contribution >= 4 is 34.2 Å². The van der Waals surface area contributed by atoms with Crippen LogP contribution in [-0.4, -0.2) is 21.1 Å². The number of halogens is 1. The standard InChI is InChI=1S/C18H17ClN4O/c1-3-4-5-17(24)21-16-9-12(6-7-15(16)19)13-8-14-11(2)22-23-18(14)20-10-13/h4-10H,3H2,1-2H3,(H,21,24)(H,20,22,23). The third kappa shape index (κ3) is 3.31. The maximum absolute atomic E-state index is 11.9. The summed E-state index contributed by atoms with van der Waals surface area (Å²) in [4.78, 5) is 16.2. The Morgan fingerprint density at radius 3 is 2.96 bits per heavy atom. The number of nitrogens with one attached hydrogen (secondary N) is 2. The number of anilines is 1. The normalized spacial score (nSPS) is 11.3. The first-order valence-electron chi connectivity index (χ1n) is 7.66. The van der Waals surface area contributed by atoms with Gasteiger partial charge in [0.25, 0.3) is 0 Å². The van der Waals surface area contributed by atoms with Crippen molar-refractivity contribution in [3.63, 3.8) is 0 Å². The van der Waals surface area contributed by atoms with Gasteiger partial charge in [0.15, 0.2) is 5.65 Å². The molecule has 0 saturated heterocycles. The van der Waals surface area contributed by atoms with Crippen LogP contribution >= 0.6 is 11.6 Å². The van der Waals surface area contributed by atoms with E-state index in [1.165, 1.54) is 6.08 Å². The molecule has 0 atom stereocenters. The molecule has 0 bridgehead atoms. The average molecular weight is 341 g/mol. The van der Waals surface area contributed by atoms with Crippen molar-refractivity contribution in [3.8, 4) is 11.1 Å². The minimum Gasteiger partial charge on any atom is -0.321 e. The van der Waals surface area contributed by atoms with Gasteiger partial charge in [-0.2, -0.15) is 5.10 Å². The van der Waals surface area contributed by atoms with E-state index in [0.717, 1.165) is 28.6 Å². The van der Waals surface area contributed by atoms with Gasteiger partial charge in [-0.1, -0.05) is 30.7 Å². The third-order valence-electron chi connectivity index (χ3n) is 3.66. The van der Waals surface area contributed by atoms with Gasteiger partial charge in [-0.15, -0.1) is 0 Å². The highest BCUT2D eigenvalue weighted by molar-refractivity contribution is 6.34. The molecule has 0 radical (unpaired) electrons. The molecule has 3 rings (SSSR count). The Morgan fingerprint density at radius 2 is 2.17 bits per heavy atom. The van der Waals surface area contributed by atoms with Crippen LogP contribution in [0.5, 0.6) is 0 Å². The summed E-state index contributed by atoms with van der Waals surface area (Å²) in [6.45, 7) is 3.92. The van der Waals surface area contributed by atoms with Gasteiger partial charge in [-0.25, -0.2) is 4.98 Å². The summed E-state index contributed by atoms with van der Waals surface area (Å²) in [6, 6.07) is 7.53. The number of hydrogen-bond donors (Lipinski definition) is 2. The molecule has 2 N–H and O–H groups in total. The lowest BCUT2D eigenvalue weighted by Gasteiger charge is -2.08. The fraction of sp³-hybridized carbons (Fsp3) is 0.167. The molecule has 0 unspecified atom stereocenters. The number of benzene rings is 1. The monoisotopic (exact) mass is 340 g/mol. The van der Waals surface area contributed by atoms with E-state index in [0.29, 0.717) is 16.4 Å². The summed E-state index contributed by atoms with van der Waals surface area (Å²) >= 11 is 6.20. The summed E-state index contributed by atoms with van der Waals surface area (Å²) in [6.07, 6.45) is 5.86. The van der Waals surface area contributed by atoms with E-state index in [-0.39, 0.29) is 5.91 Å². The molecule has 24 heavy (non-hydrogen) atoms. The van der Waals surface area contributed by atoms with Crippen LogP contribution in [-0.2, 0) is 4.79 Å². The van der Waals surface area contributed by atoms with Gasteiger partial charge in [-0.3, -0.25) is 9.89 Å². The van der Waals surface area contributed by atoms with E-state index in [4.69, 9.17) is 11.6 Å². The fourth-order valence-electron chi connectivity index (χ4n) is 2.38. The van der Waals surface area contributed by atoms with E-state index in [1.54, 1.807) is 18.3 Å². The van der Waals surface area contributed by atoms with Gasteiger partial charge in [0.05, 0.1) is 10.7 Å². The average Bonchev–Trinajstić information content (AvgIpc) is 2.95. The molecular weight excluding hydrogens is 324 g/mol. The molecule has 2 aromatic heterocycles. The number of fused-ring (bicyclic) bond motifs is 1. The van der Waals surface area contributed by atoms with Crippen molar-refractivity contribution in [1.82, 2.24) is 15.2 Å². The zero-order valence-electron chi connectivity index (χ0n) is 13.4. The molecule has 0 fully saturated rings. The topological polar surface area (TPSA) is 70.7 Å². The van der Waals surface area contributed by atoms with Crippen molar-refractivity contribution in [1.29, 1.82) is 0 Å². The SMILES string of the molecule is CCC=CC(=O)Nc1cc(-c2cnc3n[nH]c(C)c3c2)ccc1Cl. The largest absolute Gasteiger partial charge is 0.321 e. The van der Waals surface area contributed by atoms with Crippen LogP contribution in [0.2, 0.25) is 5.02 Å². The summed E-state index contributed by atoms with van der Waals surface area (Å²) < 4.78 is 0. The third-order valence-corrected chi connectivity index (χ3v) is 3.99. The Hall–Kier alpha value is -2.66. The van der Waals surface area contributed by atoms with Crippen LogP contribution in [0.3, 0.4) is 0 Å². The van der Waals surface area contributed by atoms with Crippen molar-refractivity contribution in [3.05, 3.63) is 53.3 Å². The second-order valence-corrected chi connectivity index (χ2v) is 5.85. The van der Waals surface area contributed by atoms with Gasteiger partial charge in [-0.05, 0) is 43.2 Å². The number of amides is 1. The van der Waals surface area contributed by atoms with Crippen molar-refractivity contribution in [2.75, 3.05) is 5.32 Å². The highest BCUT2D eigenvalue weighted by Crippen LogP contribution is 2.30. The summed E-state index contributed by atoms with van der Waals surface area (Å²) in [5.74, 6) is -0.199. The maximum atomic E-state index is 11.9. The van der Waals surface area contributed by atoms with Gasteiger partial charge in [0.2, 0.25) is 5.91 Å². The number of aromatic amines is 1. The predicted octanol–water partition coefficient (Wildman–Crippen LogP) is 4.49. The molecule has 0 aliphatic carbocycles. The summed E-state index contributed by atoms with van der Waals surface area (Å²) in [5.41, 5.74) is 4.08. The van der Waals surface area contributed by atoms with Crippen LogP contribution < -0.4 is 5.32 Å². The Kier molecular flexibility index (Phi) is 4.62. The first-order chi connectivity index (χ1) is 11.6. The number of aromatic nitrogens is 3. The Bertz CT molecular complexity index is 930. The number of aryl methyl sites for hydroxylation is 1. The molecule has 0 spiro atoms. The Morgan fingerprint density at radius 1 is 1.33 bits per heavy atom. The molecule has 6 heteroatoms. The smallest absolute Gasteiger partial charge is 0.248 e. The quantitative estimate of drug-likeness (QED) is 0.687. The zero-order valence-corrected chi connectivity index (χ0v) is 14.2. The maximum Gasteiger partial charge on any atom is 0.248 e. The second-order valence-electron chi connectivity index (χ2n) is 5.44. The molecule has 1 aromatic carbocycles. The van der Waals surface area contributed by atoms with Crippen LogP contribution in [0.1, 0.15) is 19.0 Å². The molecule has 3 aromatic rings. The van der Waals surface area contributed by atoms with Gasteiger partial charge in [0, 0.05) is 22.8 Å². The molecule has 1 amide bonds. The Labute approximate surface area is 144 Å². The number of allylic oxidation sites excluding steroid dienone is 1. The van der Waals surface area contributed by atoms with E-state index in [9.17, 15) is 4.79 Å². The number of pyridine rings is 1. The van der Waals surface area contributed by atoms with Gasteiger partial charge < -0.3 is 5.32 Å². The van der Waals surface area contributed by atoms with Crippen LogP contribution in [0, 0.1) is 6.92 Å². The molecule has 122 valence electrons. The highest BCUT2D eigenvalue weighted by atomic mass is 35.5. The first-order valence-corrected chi connectivity index (χ1v) is 8.04. The number of carbonyl (C=O) groups excluding carboxylic acids is 1. The zero-order chi connectivity index (χ0) is 17.1. The van der Waals surface area contributed by atoms with Crippen LogP contribution in [0.15, 0.2) is 42.6 Å².